The van der Waals surface area contributed by atoms with Crippen LogP contribution in [0.15, 0.2) is 52.5 Å². The standard InChI is InChI=1S/C20H25N3O3S/c1-14(2)21-22-20(24)13-23(18-9-8-16(4)17(5)12-18)27(25,26)19-10-6-15(3)7-11-19/h6-12H,13H2,1-5H3,(H,22,24). The first-order chi connectivity index (χ1) is 12.6. The fraction of sp³-hybridized carbons (Fsp3) is 0.300. The Kier molecular flexibility index (Phi) is 6.38. The summed E-state index contributed by atoms with van der Waals surface area (Å²) in [6.45, 7) is 8.85. The van der Waals surface area contributed by atoms with E-state index in [2.05, 4.69) is 10.5 Å². The fourth-order valence-corrected chi connectivity index (χ4v) is 3.79. The number of anilines is 1. The number of rotatable bonds is 6. The molecular formula is C20H25N3O3S. The Morgan fingerprint density at radius 1 is 1.00 bits per heavy atom. The molecule has 6 nitrogen and oxygen atoms in total. The summed E-state index contributed by atoms with van der Waals surface area (Å²) < 4.78 is 27.6. The topological polar surface area (TPSA) is 78.8 Å². The van der Waals surface area contributed by atoms with E-state index in [1.807, 2.05) is 26.8 Å². The molecule has 27 heavy (non-hydrogen) atoms. The van der Waals surface area contributed by atoms with Crippen LogP contribution in [0, 0.1) is 20.8 Å². The third-order valence-corrected chi connectivity index (χ3v) is 5.87. The van der Waals surface area contributed by atoms with Crippen molar-refractivity contribution in [3.8, 4) is 0 Å². The second kappa shape index (κ2) is 8.35. The van der Waals surface area contributed by atoms with Gasteiger partial charge in [0.05, 0.1) is 10.6 Å². The highest BCUT2D eigenvalue weighted by Gasteiger charge is 2.27. The lowest BCUT2D eigenvalue weighted by Crippen LogP contribution is -2.39. The van der Waals surface area contributed by atoms with Crippen LogP contribution in [0.1, 0.15) is 30.5 Å². The van der Waals surface area contributed by atoms with Crippen molar-refractivity contribution in [1.29, 1.82) is 0 Å². The molecule has 2 rings (SSSR count). The summed E-state index contributed by atoms with van der Waals surface area (Å²) in [5.41, 5.74) is 6.43. The van der Waals surface area contributed by atoms with Gasteiger partial charge in [-0.05, 0) is 70.0 Å². The number of sulfonamides is 1. The number of aryl methyl sites for hydroxylation is 3. The van der Waals surface area contributed by atoms with Gasteiger partial charge in [-0.1, -0.05) is 23.8 Å². The van der Waals surface area contributed by atoms with Crippen molar-refractivity contribution < 1.29 is 13.2 Å². The van der Waals surface area contributed by atoms with Crippen LogP contribution < -0.4 is 9.73 Å². The van der Waals surface area contributed by atoms with Crippen LogP contribution in [-0.4, -0.2) is 26.6 Å². The third-order valence-electron chi connectivity index (χ3n) is 4.08. The molecule has 0 heterocycles. The van der Waals surface area contributed by atoms with Crippen LogP contribution in [0.25, 0.3) is 0 Å². The van der Waals surface area contributed by atoms with Gasteiger partial charge >= 0.3 is 0 Å². The van der Waals surface area contributed by atoms with Crippen LogP contribution in [0.5, 0.6) is 0 Å². The Morgan fingerprint density at radius 3 is 2.19 bits per heavy atom. The molecule has 0 saturated carbocycles. The fourth-order valence-electron chi connectivity index (χ4n) is 2.37. The lowest BCUT2D eigenvalue weighted by Gasteiger charge is -2.24. The van der Waals surface area contributed by atoms with E-state index < -0.39 is 15.9 Å². The molecular weight excluding hydrogens is 362 g/mol. The molecule has 1 N–H and O–H groups in total. The first kappa shape index (κ1) is 20.6. The van der Waals surface area contributed by atoms with Crippen LogP contribution >= 0.6 is 0 Å². The number of nitrogens with zero attached hydrogens (tertiary/aromatic N) is 2. The number of hydrogen-bond donors (Lipinski definition) is 1. The summed E-state index contributed by atoms with van der Waals surface area (Å²) in [5.74, 6) is -0.509. The van der Waals surface area contributed by atoms with Crippen molar-refractivity contribution in [2.24, 2.45) is 5.10 Å². The molecule has 0 bridgehead atoms. The minimum absolute atomic E-state index is 0.134. The van der Waals surface area contributed by atoms with Gasteiger partial charge in [0.2, 0.25) is 0 Å². The molecule has 2 aromatic carbocycles. The average Bonchev–Trinajstić information content (AvgIpc) is 2.60. The quantitative estimate of drug-likeness (QED) is 0.610. The number of hydrazone groups is 1. The Balaban J connectivity index is 2.48. The van der Waals surface area contributed by atoms with Gasteiger partial charge in [0.1, 0.15) is 6.54 Å². The minimum Gasteiger partial charge on any atom is -0.271 e. The second-order valence-electron chi connectivity index (χ2n) is 6.69. The molecule has 0 aliphatic rings. The smallest absolute Gasteiger partial charge is 0.264 e. The molecule has 1 amide bonds. The number of carbonyl (C=O) groups excluding carboxylic acids is 1. The number of hydrogen-bond acceptors (Lipinski definition) is 4. The highest BCUT2D eigenvalue weighted by Crippen LogP contribution is 2.25. The maximum Gasteiger partial charge on any atom is 0.264 e. The Labute approximate surface area is 161 Å². The van der Waals surface area contributed by atoms with Gasteiger partial charge in [-0.25, -0.2) is 13.8 Å². The highest BCUT2D eigenvalue weighted by atomic mass is 32.2. The summed E-state index contributed by atoms with van der Waals surface area (Å²) >= 11 is 0. The number of amides is 1. The monoisotopic (exact) mass is 387 g/mol. The number of carbonyl (C=O) groups is 1. The third kappa shape index (κ3) is 5.17. The zero-order valence-corrected chi connectivity index (χ0v) is 17.1. The van der Waals surface area contributed by atoms with Crippen molar-refractivity contribution in [2.45, 2.75) is 39.5 Å². The predicted octanol–water partition coefficient (Wildman–Crippen LogP) is 3.32. The Bertz CT molecular complexity index is 960. The molecule has 0 aliphatic carbocycles. The van der Waals surface area contributed by atoms with Crippen molar-refractivity contribution in [2.75, 3.05) is 10.8 Å². The van der Waals surface area contributed by atoms with Crippen molar-refractivity contribution in [3.63, 3.8) is 0 Å². The lowest BCUT2D eigenvalue weighted by molar-refractivity contribution is -0.119. The highest BCUT2D eigenvalue weighted by molar-refractivity contribution is 7.92. The normalized spacial score (nSPS) is 11.0. The molecule has 2 aromatic rings. The zero-order chi connectivity index (χ0) is 20.2. The predicted molar refractivity (Wildman–Crippen MR) is 109 cm³/mol. The number of nitrogens with one attached hydrogen (secondary N) is 1. The average molecular weight is 388 g/mol. The molecule has 0 atom stereocenters. The van der Waals surface area contributed by atoms with Crippen molar-refractivity contribution >= 4 is 27.3 Å². The SMILES string of the molecule is CC(C)=NNC(=O)CN(c1ccc(C)c(C)c1)S(=O)(=O)c1ccc(C)cc1. The molecule has 0 spiro atoms. The van der Waals surface area contributed by atoms with E-state index in [0.29, 0.717) is 11.4 Å². The molecule has 0 aliphatic heterocycles. The Hall–Kier alpha value is -2.67. The van der Waals surface area contributed by atoms with Crippen LogP contribution in [0.2, 0.25) is 0 Å². The summed E-state index contributed by atoms with van der Waals surface area (Å²) in [4.78, 5) is 12.4. The molecule has 0 unspecified atom stereocenters. The summed E-state index contributed by atoms with van der Waals surface area (Å²) in [6.07, 6.45) is 0. The maximum absolute atomic E-state index is 13.2. The zero-order valence-electron chi connectivity index (χ0n) is 16.3. The molecule has 0 saturated heterocycles. The van der Waals surface area contributed by atoms with Gasteiger partial charge in [-0.2, -0.15) is 5.10 Å². The molecule has 0 radical (unpaired) electrons. The minimum atomic E-state index is -3.91. The van der Waals surface area contributed by atoms with Gasteiger partial charge in [0.15, 0.2) is 0 Å². The van der Waals surface area contributed by atoms with E-state index in [1.165, 1.54) is 0 Å². The molecule has 7 heteroatoms. The van der Waals surface area contributed by atoms with Crippen LogP contribution in [0.4, 0.5) is 5.69 Å². The van der Waals surface area contributed by atoms with Gasteiger partial charge in [0.25, 0.3) is 15.9 Å². The first-order valence-corrected chi connectivity index (χ1v) is 10.0. The molecule has 0 aromatic heterocycles. The van der Waals surface area contributed by atoms with Gasteiger partial charge < -0.3 is 0 Å². The van der Waals surface area contributed by atoms with E-state index in [4.69, 9.17) is 0 Å². The van der Waals surface area contributed by atoms with Gasteiger partial charge in [0, 0.05) is 5.71 Å². The van der Waals surface area contributed by atoms with E-state index >= 15 is 0 Å². The van der Waals surface area contributed by atoms with E-state index in [9.17, 15) is 13.2 Å². The lowest BCUT2D eigenvalue weighted by atomic mass is 10.1. The summed E-state index contributed by atoms with van der Waals surface area (Å²) in [7, 11) is -3.91. The summed E-state index contributed by atoms with van der Waals surface area (Å²) in [5, 5.41) is 3.86. The Morgan fingerprint density at radius 2 is 1.63 bits per heavy atom. The van der Waals surface area contributed by atoms with Gasteiger partial charge in [-0.15, -0.1) is 0 Å². The largest absolute Gasteiger partial charge is 0.271 e. The summed E-state index contributed by atoms with van der Waals surface area (Å²) in [6, 6.07) is 11.9. The molecule has 144 valence electrons. The van der Waals surface area contributed by atoms with E-state index in [1.54, 1.807) is 50.2 Å². The maximum atomic E-state index is 13.2. The van der Waals surface area contributed by atoms with Crippen molar-refractivity contribution in [3.05, 3.63) is 59.2 Å². The van der Waals surface area contributed by atoms with E-state index in [-0.39, 0.29) is 11.4 Å². The van der Waals surface area contributed by atoms with Crippen LogP contribution in [0.3, 0.4) is 0 Å². The van der Waals surface area contributed by atoms with Crippen molar-refractivity contribution in [1.82, 2.24) is 5.43 Å². The second-order valence-corrected chi connectivity index (χ2v) is 8.55. The van der Waals surface area contributed by atoms with Crippen LogP contribution in [-0.2, 0) is 14.8 Å². The van der Waals surface area contributed by atoms with E-state index in [0.717, 1.165) is 21.0 Å². The molecule has 0 fully saturated rings. The first-order valence-electron chi connectivity index (χ1n) is 8.57. The number of benzene rings is 2. The van der Waals surface area contributed by atoms with Gasteiger partial charge in [-0.3, -0.25) is 9.10 Å².